The van der Waals surface area contributed by atoms with Crippen molar-refractivity contribution in [1.82, 2.24) is 0 Å². The first kappa shape index (κ1) is 16.9. The van der Waals surface area contributed by atoms with E-state index >= 15 is 0 Å². The fourth-order valence-electron chi connectivity index (χ4n) is 3.77. The molecule has 2 aromatic carbocycles. The van der Waals surface area contributed by atoms with Gasteiger partial charge in [0.25, 0.3) is 0 Å². The molecule has 2 nitrogen and oxygen atoms in total. The fourth-order valence-corrected chi connectivity index (χ4v) is 3.77. The van der Waals surface area contributed by atoms with Gasteiger partial charge in [0.15, 0.2) is 0 Å². The van der Waals surface area contributed by atoms with Gasteiger partial charge >= 0.3 is 0 Å². The maximum Gasteiger partial charge on any atom is 0.102 e. The summed E-state index contributed by atoms with van der Waals surface area (Å²) in [6.07, 6.45) is 8.46. The van der Waals surface area contributed by atoms with Crippen LogP contribution in [0.25, 0.3) is 0 Å². The summed E-state index contributed by atoms with van der Waals surface area (Å²) in [6.45, 7) is 4.50. The molecule has 0 saturated carbocycles. The van der Waals surface area contributed by atoms with Crippen LogP contribution >= 0.6 is 0 Å². The van der Waals surface area contributed by atoms with Crippen LogP contribution in [0, 0.1) is 0 Å². The third-order valence-corrected chi connectivity index (χ3v) is 5.04. The van der Waals surface area contributed by atoms with Crippen LogP contribution in [0.1, 0.15) is 45.4 Å². The Bertz CT molecular complexity index is 534. The van der Waals surface area contributed by atoms with Gasteiger partial charge in [-0.3, -0.25) is 0 Å². The Labute approximate surface area is 147 Å². The first-order valence-corrected chi connectivity index (χ1v) is 9.53. The van der Waals surface area contributed by atoms with Gasteiger partial charge in [0.1, 0.15) is 6.17 Å². The monoisotopic (exact) mass is 322 g/mol. The molecule has 1 saturated heterocycles. The van der Waals surface area contributed by atoms with Crippen molar-refractivity contribution in [2.24, 2.45) is 0 Å². The smallest absolute Gasteiger partial charge is 0.102 e. The molecule has 0 radical (unpaired) electrons. The molecule has 0 atom stereocenters. The van der Waals surface area contributed by atoms with Gasteiger partial charge in [-0.2, -0.15) is 0 Å². The lowest BCUT2D eigenvalue weighted by Gasteiger charge is -2.33. The highest BCUT2D eigenvalue weighted by Gasteiger charge is 2.31. The third kappa shape index (κ3) is 4.11. The molecule has 2 aromatic rings. The molecule has 0 bridgehead atoms. The predicted molar refractivity (Wildman–Crippen MR) is 105 cm³/mol. The van der Waals surface area contributed by atoms with Gasteiger partial charge in [0.2, 0.25) is 0 Å². The number of benzene rings is 2. The summed E-state index contributed by atoms with van der Waals surface area (Å²) in [7, 11) is 0. The number of rotatable bonds is 8. The summed E-state index contributed by atoms with van der Waals surface area (Å²) in [5, 5.41) is 0. The summed E-state index contributed by atoms with van der Waals surface area (Å²) in [4.78, 5) is 5.18. The van der Waals surface area contributed by atoms with Crippen LogP contribution in [0.4, 0.5) is 11.4 Å². The maximum atomic E-state index is 2.59. The lowest BCUT2D eigenvalue weighted by Crippen LogP contribution is -2.39. The Hall–Kier alpha value is -1.96. The largest absolute Gasteiger partial charge is 0.349 e. The highest BCUT2D eigenvalue weighted by molar-refractivity contribution is 5.56. The molecule has 128 valence electrons. The van der Waals surface area contributed by atoms with E-state index in [0.29, 0.717) is 6.17 Å². The van der Waals surface area contributed by atoms with E-state index in [1.807, 2.05) is 0 Å². The summed E-state index contributed by atoms with van der Waals surface area (Å²) in [6, 6.07) is 21.8. The molecule has 0 aliphatic carbocycles. The second kappa shape index (κ2) is 8.77. The second-order valence-corrected chi connectivity index (χ2v) is 6.74. The Balaban J connectivity index is 1.72. The Morgan fingerprint density at radius 1 is 0.708 bits per heavy atom. The zero-order chi connectivity index (χ0) is 16.6. The van der Waals surface area contributed by atoms with Crippen molar-refractivity contribution in [2.75, 3.05) is 22.9 Å². The van der Waals surface area contributed by atoms with Crippen molar-refractivity contribution in [3.05, 3.63) is 60.7 Å². The highest BCUT2D eigenvalue weighted by atomic mass is 15.4. The number of nitrogens with zero attached hydrogens (tertiary/aromatic N) is 2. The SMILES string of the molecule is CCCCCCCC1N(c2ccccc2)CCN1c1ccccc1. The normalized spacial score (nSPS) is 15.2. The van der Waals surface area contributed by atoms with E-state index in [0.717, 1.165) is 13.1 Å². The minimum atomic E-state index is 0.483. The van der Waals surface area contributed by atoms with Crippen molar-refractivity contribution in [3.8, 4) is 0 Å². The van der Waals surface area contributed by atoms with Crippen molar-refractivity contribution in [2.45, 2.75) is 51.6 Å². The Morgan fingerprint density at radius 3 is 1.71 bits per heavy atom. The lowest BCUT2D eigenvalue weighted by molar-refractivity contribution is 0.539. The maximum absolute atomic E-state index is 2.59. The fraction of sp³-hybridized carbons (Fsp3) is 0.455. The van der Waals surface area contributed by atoms with E-state index in [2.05, 4.69) is 77.4 Å². The average molecular weight is 322 g/mol. The molecular formula is C22H30N2. The zero-order valence-electron chi connectivity index (χ0n) is 14.9. The topological polar surface area (TPSA) is 6.48 Å². The molecule has 0 aromatic heterocycles. The Morgan fingerprint density at radius 2 is 1.21 bits per heavy atom. The van der Waals surface area contributed by atoms with Crippen molar-refractivity contribution in [3.63, 3.8) is 0 Å². The van der Waals surface area contributed by atoms with Crippen molar-refractivity contribution < 1.29 is 0 Å². The van der Waals surface area contributed by atoms with E-state index in [9.17, 15) is 0 Å². The molecule has 1 heterocycles. The first-order chi connectivity index (χ1) is 11.9. The molecule has 0 spiro atoms. The quantitative estimate of drug-likeness (QED) is 0.575. The van der Waals surface area contributed by atoms with E-state index in [4.69, 9.17) is 0 Å². The van der Waals surface area contributed by atoms with Crippen molar-refractivity contribution in [1.29, 1.82) is 0 Å². The van der Waals surface area contributed by atoms with Crippen LogP contribution in [-0.4, -0.2) is 19.3 Å². The standard InChI is InChI=1S/C22H30N2/c1-2-3-4-5-12-17-22-23(20-13-8-6-9-14-20)18-19-24(22)21-15-10-7-11-16-21/h6-11,13-16,22H,2-5,12,17-19H2,1H3. The van der Waals surface area contributed by atoms with Gasteiger partial charge in [-0.05, 0) is 37.1 Å². The summed E-state index contributed by atoms with van der Waals surface area (Å²) in [5.74, 6) is 0. The minimum Gasteiger partial charge on any atom is -0.349 e. The average Bonchev–Trinajstić information content (AvgIpc) is 3.07. The van der Waals surface area contributed by atoms with Crippen LogP contribution in [-0.2, 0) is 0 Å². The van der Waals surface area contributed by atoms with Gasteiger partial charge in [-0.1, -0.05) is 69.0 Å². The number of para-hydroxylation sites is 2. The number of hydrogen-bond acceptors (Lipinski definition) is 2. The lowest BCUT2D eigenvalue weighted by atomic mass is 10.1. The van der Waals surface area contributed by atoms with Gasteiger partial charge in [0, 0.05) is 24.5 Å². The molecule has 2 heteroatoms. The molecule has 1 aliphatic rings. The van der Waals surface area contributed by atoms with E-state index in [1.54, 1.807) is 0 Å². The number of anilines is 2. The first-order valence-electron chi connectivity index (χ1n) is 9.53. The molecule has 0 unspecified atom stereocenters. The molecule has 1 aliphatic heterocycles. The van der Waals surface area contributed by atoms with Gasteiger partial charge in [-0.15, -0.1) is 0 Å². The van der Waals surface area contributed by atoms with E-state index < -0.39 is 0 Å². The van der Waals surface area contributed by atoms with Crippen LogP contribution in [0.3, 0.4) is 0 Å². The van der Waals surface area contributed by atoms with Crippen LogP contribution in [0.5, 0.6) is 0 Å². The molecule has 0 amide bonds. The molecule has 24 heavy (non-hydrogen) atoms. The van der Waals surface area contributed by atoms with Crippen LogP contribution in [0.15, 0.2) is 60.7 Å². The molecule has 3 rings (SSSR count). The molecule has 1 fully saturated rings. The number of hydrogen-bond donors (Lipinski definition) is 0. The highest BCUT2D eigenvalue weighted by Crippen LogP contribution is 2.30. The van der Waals surface area contributed by atoms with E-state index in [-0.39, 0.29) is 0 Å². The summed E-state index contributed by atoms with van der Waals surface area (Å²) < 4.78 is 0. The van der Waals surface area contributed by atoms with Gasteiger partial charge in [0.05, 0.1) is 0 Å². The third-order valence-electron chi connectivity index (χ3n) is 5.04. The minimum absolute atomic E-state index is 0.483. The van der Waals surface area contributed by atoms with Crippen LogP contribution < -0.4 is 9.80 Å². The van der Waals surface area contributed by atoms with Gasteiger partial charge in [-0.25, -0.2) is 0 Å². The Kier molecular flexibility index (Phi) is 6.17. The number of unbranched alkanes of at least 4 members (excludes halogenated alkanes) is 4. The zero-order valence-corrected chi connectivity index (χ0v) is 14.9. The second-order valence-electron chi connectivity index (χ2n) is 6.74. The summed E-state index contributed by atoms with van der Waals surface area (Å²) in [5.41, 5.74) is 2.71. The molecule has 0 N–H and O–H groups in total. The predicted octanol–water partition coefficient (Wildman–Crippen LogP) is 5.70. The molecular weight excluding hydrogens is 292 g/mol. The van der Waals surface area contributed by atoms with Crippen molar-refractivity contribution >= 4 is 11.4 Å². The summed E-state index contributed by atoms with van der Waals surface area (Å²) >= 11 is 0. The van der Waals surface area contributed by atoms with Gasteiger partial charge < -0.3 is 9.80 Å². The van der Waals surface area contributed by atoms with Crippen LogP contribution in [0.2, 0.25) is 0 Å². The van der Waals surface area contributed by atoms with E-state index in [1.165, 1.54) is 49.9 Å².